The highest BCUT2D eigenvalue weighted by Crippen LogP contribution is 2.15. The lowest BCUT2D eigenvalue weighted by molar-refractivity contribution is 0.322. The second-order valence-electron chi connectivity index (χ2n) is 5.43. The van der Waals surface area contributed by atoms with Crippen molar-refractivity contribution in [2.75, 3.05) is 20.1 Å². The van der Waals surface area contributed by atoms with Crippen LogP contribution in [0.1, 0.15) is 12.0 Å². The van der Waals surface area contributed by atoms with E-state index in [1.165, 1.54) is 17.7 Å². The van der Waals surface area contributed by atoms with Gasteiger partial charge in [-0.05, 0) is 43.8 Å². The Balaban J connectivity index is 1.76. The van der Waals surface area contributed by atoms with Crippen molar-refractivity contribution in [2.24, 2.45) is 0 Å². The molecule has 124 valence electrons. The number of hydrogen-bond acceptors (Lipinski definition) is 3. The number of nitrogens with one attached hydrogen (secondary N) is 1. The van der Waals surface area contributed by atoms with E-state index in [4.69, 9.17) is 11.6 Å². The van der Waals surface area contributed by atoms with Crippen molar-refractivity contribution < 1.29 is 8.42 Å². The zero-order chi connectivity index (χ0) is 16.7. The van der Waals surface area contributed by atoms with Gasteiger partial charge in [0.1, 0.15) is 0 Å². The van der Waals surface area contributed by atoms with Gasteiger partial charge in [0.2, 0.25) is 10.0 Å². The van der Waals surface area contributed by atoms with Crippen LogP contribution in [0.3, 0.4) is 0 Å². The number of nitrogens with zero attached hydrogens (tertiary/aromatic N) is 1. The Hall–Kier alpha value is -1.40. The Morgan fingerprint density at radius 2 is 1.83 bits per heavy atom. The summed E-state index contributed by atoms with van der Waals surface area (Å²) in [6.45, 7) is 2.06. The van der Waals surface area contributed by atoms with Crippen LogP contribution in [0.5, 0.6) is 0 Å². The molecule has 6 heteroatoms. The molecule has 0 saturated heterocycles. The summed E-state index contributed by atoms with van der Waals surface area (Å²) in [5, 5.41) is 0.412. The van der Waals surface area contributed by atoms with Gasteiger partial charge in [0.15, 0.2) is 0 Å². The fraction of sp³-hybridized carbons (Fsp3) is 0.294. The predicted molar refractivity (Wildman–Crippen MR) is 94.0 cm³/mol. The van der Waals surface area contributed by atoms with Gasteiger partial charge in [0, 0.05) is 18.1 Å². The molecule has 0 aliphatic rings. The van der Waals surface area contributed by atoms with Crippen LogP contribution in [0, 0.1) is 0 Å². The molecule has 0 saturated carbocycles. The quantitative estimate of drug-likeness (QED) is 0.742. The van der Waals surface area contributed by atoms with E-state index in [2.05, 4.69) is 21.8 Å². The lowest BCUT2D eigenvalue weighted by Crippen LogP contribution is -2.28. The van der Waals surface area contributed by atoms with Crippen molar-refractivity contribution in [2.45, 2.75) is 17.9 Å². The monoisotopic (exact) mass is 352 g/mol. The first-order chi connectivity index (χ1) is 11.0. The maximum absolute atomic E-state index is 12.1. The van der Waals surface area contributed by atoms with Crippen molar-refractivity contribution in [3.63, 3.8) is 0 Å². The van der Waals surface area contributed by atoms with Gasteiger partial charge in [-0.25, -0.2) is 13.1 Å². The van der Waals surface area contributed by atoms with E-state index in [1.807, 2.05) is 25.2 Å². The molecule has 0 unspecified atom stereocenters. The first-order valence-electron chi connectivity index (χ1n) is 7.45. The SMILES string of the molecule is CN(CCCNS(=O)(=O)c1cccc(Cl)c1)Cc1ccccc1. The summed E-state index contributed by atoms with van der Waals surface area (Å²) in [7, 11) is -1.47. The molecule has 0 atom stereocenters. The Morgan fingerprint density at radius 1 is 1.09 bits per heavy atom. The molecule has 2 rings (SSSR count). The minimum atomic E-state index is -3.49. The highest BCUT2D eigenvalue weighted by molar-refractivity contribution is 7.89. The summed E-state index contributed by atoms with van der Waals surface area (Å²) in [5.41, 5.74) is 1.24. The number of benzene rings is 2. The average molecular weight is 353 g/mol. The van der Waals surface area contributed by atoms with Crippen LogP contribution in [-0.4, -0.2) is 33.5 Å². The van der Waals surface area contributed by atoms with E-state index >= 15 is 0 Å². The van der Waals surface area contributed by atoms with Gasteiger partial charge >= 0.3 is 0 Å². The minimum absolute atomic E-state index is 0.197. The topological polar surface area (TPSA) is 49.4 Å². The van der Waals surface area contributed by atoms with Crippen LogP contribution in [-0.2, 0) is 16.6 Å². The molecule has 0 amide bonds. The van der Waals surface area contributed by atoms with Crippen LogP contribution in [0.4, 0.5) is 0 Å². The maximum atomic E-state index is 12.1. The van der Waals surface area contributed by atoms with Crippen LogP contribution >= 0.6 is 11.6 Å². The normalized spacial score (nSPS) is 11.8. The Bertz CT molecular complexity index is 720. The van der Waals surface area contributed by atoms with Gasteiger partial charge in [-0.15, -0.1) is 0 Å². The molecule has 0 aromatic heterocycles. The van der Waals surface area contributed by atoms with E-state index in [0.717, 1.165) is 19.5 Å². The molecule has 0 heterocycles. The van der Waals surface area contributed by atoms with E-state index in [9.17, 15) is 8.42 Å². The lowest BCUT2D eigenvalue weighted by Gasteiger charge is -2.16. The van der Waals surface area contributed by atoms with Gasteiger partial charge < -0.3 is 4.90 Å². The molecule has 0 spiro atoms. The Kier molecular flexibility index (Phi) is 6.59. The van der Waals surface area contributed by atoms with E-state index in [0.29, 0.717) is 11.6 Å². The van der Waals surface area contributed by atoms with Crippen molar-refractivity contribution in [1.82, 2.24) is 9.62 Å². The molecule has 4 nitrogen and oxygen atoms in total. The highest BCUT2D eigenvalue weighted by atomic mass is 35.5. The molecule has 0 aliphatic carbocycles. The molecule has 1 N–H and O–H groups in total. The predicted octanol–water partition coefficient (Wildman–Crippen LogP) is 3.14. The first-order valence-corrected chi connectivity index (χ1v) is 9.31. The second-order valence-corrected chi connectivity index (χ2v) is 7.64. The fourth-order valence-electron chi connectivity index (χ4n) is 2.25. The third-order valence-electron chi connectivity index (χ3n) is 3.41. The van der Waals surface area contributed by atoms with Crippen LogP contribution in [0.25, 0.3) is 0 Å². The van der Waals surface area contributed by atoms with E-state index in [-0.39, 0.29) is 4.90 Å². The summed E-state index contributed by atoms with van der Waals surface area (Å²) >= 11 is 5.83. The summed E-state index contributed by atoms with van der Waals surface area (Å²) in [6.07, 6.45) is 0.739. The molecule has 2 aromatic carbocycles. The van der Waals surface area contributed by atoms with Crippen LogP contribution < -0.4 is 4.72 Å². The van der Waals surface area contributed by atoms with E-state index in [1.54, 1.807) is 12.1 Å². The zero-order valence-electron chi connectivity index (χ0n) is 13.1. The third-order valence-corrected chi connectivity index (χ3v) is 5.10. The summed E-state index contributed by atoms with van der Waals surface area (Å²) in [4.78, 5) is 2.37. The average Bonchev–Trinajstić information content (AvgIpc) is 2.53. The van der Waals surface area contributed by atoms with Crippen molar-refractivity contribution >= 4 is 21.6 Å². The lowest BCUT2D eigenvalue weighted by atomic mass is 10.2. The van der Waals surface area contributed by atoms with Crippen LogP contribution in [0.2, 0.25) is 5.02 Å². The summed E-state index contributed by atoms with van der Waals surface area (Å²) < 4.78 is 26.9. The molecule has 0 fully saturated rings. The van der Waals surface area contributed by atoms with Crippen molar-refractivity contribution in [3.05, 3.63) is 65.2 Å². The number of rotatable bonds is 8. The summed E-state index contributed by atoms with van der Waals surface area (Å²) in [5.74, 6) is 0. The van der Waals surface area contributed by atoms with Gasteiger partial charge in [0.05, 0.1) is 4.90 Å². The third kappa shape index (κ3) is 5.95. The standard InChI is InChI=1S/C17H21ClN2O2S/c1-20(14-15-7-3-2-4-8-15)12-6-11-19-23(21,22)17-10-5-9-16(18)13-17/h2-5,7-10,13,19H,6,11-12,14H2,1H3. The smallest absolute Gasteiger partial charge is 0.240 e. The largest absolute Gasteiger partial charge is 0.302 e. The first kappa shape index (κ1) is 17.9. The molecule has 0 bridgehead atoms. The Morgan fingerprint density at radius 3 is 2.52 bits per heavy atom. The summed E-state index contributed by atoms with van der Waals surface area (Å²) in [6, 6.07) is 16.5. The Labute approximate surface area is 143 Å². The van der Waals surface area contributed by atoms with Gasteiger partial charge in [0.25, 0.3) is 0 Å². The van der Waals surface area contributed by atoms with Gasteiger partial charge in [-0.2, -0.15) is 0 Å². The molecule has 23 heavy (non-hydrogen) atoms. The number of halogens is 1. The zero-order valence-corrected chi connectivity index (χ0v) is 14.6. The number of hydrogen-bond donors (Lipinski definition) is 1. The second kappa shape index (κ2) is 8.45. The van der Waals surface area contributed by atoms with Gasteiger partial charge in [-0.1, -0.05) is 48.0 Å². The fourth-order valence-corrected chi connectivity index (χ4v) is 3.62. The molecule has 2 aromatic rings. The van der Waals surface area contributed by atoms with Crippen molar-refractivity contribution in [3.8, 4) is 0 Å². The molecular formula is C17H21ClN2O2S. The van der Waals surface area contributed by atoms with E-state index < -0.39 is 10.0 Å². The molecule has 0 radical (unpaired) electrons. The number of sulfonamides is 1. The molecule has 0 aliphatic heterocycles. The van der Waals surface area contributed by atoms with Crippen molar-refractivity contribution in [1.29, 1.82) is 0 Å². The van der Waals surface area contributed by atoms with Crippen LogP contribution in [0.15, 0.2) is 59.5 Å². The minimum Gasteiger partial charge on any atom is -0.302 e. The molecular weight excluding hydrogens is 332 g/mol. The maximum Gasteiger partial charge on any atom is 0.240 e. The van der Waals surface area contributed by atoms with Gasteiger partial charge in [-0.3, -0.25) is 0 Å². The highest BCUT2D eigenvalue weighted by Gasteiger charge is 2.13.